The van der Waals surface area contributed by atoms with E-state index in [9.17, 15) is 5.26 Å². The van der Waals surface area contributed by atoms with E-state index in [1.54, 1.807) is 0 Å². The second kappa shape index (κ2) is 9.71. The van der Waals surface area contributed by atoms with Gasteiger partial charge in [-0.25, -0.2) is 0 Å². The monoisotopic (exact) mass is 599 g/mol. The van der Waals surface area contributed by atoms with Gasteiger partial charge in [-0.3, -0.25) is 0 Å². The van der Waals surface area contributed by atoms with Gasteiger partial charge in [-0.05, 0) is 60.2 Å². The van der Waals surface area contributed by atoms with Gasteiger partial charge >= 0.3 is 0 Å². The molecule has 3 aromatic heterocycles. The molecule has 0 radical (unpaired) electrons. The fourth-order valence-corrected chi connectivity index (χ4v) is 7.55. The normalized spacial score (nSPS) is 11.8. The zero-order valence-electron chi connectivity index (χ0n) is 25.2. The van der Waals surface area contributed by atoms with Gasteiger partial charge in [0.15, 0.2) is 5.58 Å². The molecule has 0 N–H and O–H groups in total. The predicted octanol–water partition coefficient (Wildman–Crippen LogP) is 11.3. The molecule has 0 atom stereocenters. The molecule has 47 heavy (non-hydrogen) atoms. The lowest BCUT2D eigenvalue weighted by Crippen LogP contribution is -1.99. The Hall–Kier alpha value is -6.57. The van der Waals surface area contributed by atoms with E-state index < -0.39 is 0 Å². The van der Waals surface area contributed by atoms with E-state index in [2.05, 4.69) is 143 Å². The van der Waals surface area contributed by atoms with E-state index in [-0.39, 0.29) is 0 Å². The summed E-state index contributed by atoms with van der Waals surface area (Å²) < 4.78 is 11.2. The van der Waals surface area contributed by atoms with Gasteiger partial charge in [0.2, 0.25) is 0 Å². The van der Waals surface area contributed by atoms with Gasteiger partial charge in [-0.1, -0.05) is 97.1 Å². The Kier molecular flexibility index (Phi) is 5.32. The van der Waals surface area contributed by atoms with Crippen molar-refractivity contribution in [2.75, 3.05) is 0 Å². The highest BCUT2D eigenvalue weighted by atomic mass is 16.3. The third kappa shape index (κ3) is 3.63. The molecule has 0 fully saturated rings. The first-order valence-corrected chi connectivity index (χ1v) is 15.8. The topological polar surface area (TPSA) is 46.8 Å². The molecule has 10 rings (SSSR count). The number of para-hydroxylation sites is 5. The van der Waals surface area contributed by atoms with Crippen molar-refractivity contribution in [1.29, 1.82) is 5.26 Å². The number of aromatic nitrogens is 2. The number of nitriles is 1. The maximum Gasteiger partial charge on any atom is 0.160 e. The van der Waals surface area contributed by atoms with Gasteiger partial charge in [-0.15, -0.1) is 0 Å². The fourth-order valence-electron chi connectivity index (χ4n) is 7.55. The second-order valence-electron chi connectivity index (χ2n) is 12.1. The molecule has 7 aromatic carbocycles. The van der Waals surface area contributed by atoms with Crippen molar-refractivity contribution >= 4 is 65.6 Å². The molecule has 0 saturated carbocycles. The van der Waals surface area contributed by atoms with E-state index >= 15 is 0 Å². The zero-order valence-corrected chi connectivity index (χ0v) is 25.2. The van der Waals surface area contributed by atoms with Crippen molar-refractivity contribution in [3.63, 3.8) is 0 Å². The number of fused-ring (bicyclic) bond motifs is 10. The Morgan fingerprint density at radius 2 is 1.06 bits per heavy atom. The number of hydrogen-bond acceptors (Lipinski definition) is 2. The molecule has 218 valence electrons. The number of nitrogens with zero attached hydrogens (tertiary/aromatic N) is 3. The van der Waals surface area contributed by atoms with E-state index in [0.29, 0.717) is 5.56 Å². The summed E-state index contributed by atoms with van der Waals surface area (Å²) >= 11 is 0. The first-order valence-electron chi connectivity index (χ1n) is 15.8. The molecule has 10 aromatic rings. The standard InChI is InChI=1S/C43H25N3O/c44-26-27-23-28(25-29(24-27)45-38-17-7-2-12-31(38)32-13-3-8-18-39(32)45)30-11-1-6-16-37(30)46-40-19-9-4-14-33(40)35-21-22-36-34-15-5-10-20-41(34)47-43(36)42(35)46/h1-25H. The van der Waals surface area contributed by atoms with Crippen LogP contribution < -0.4 is 0 Å². The van der Waals surface area contributed by atoms with Crippen LogP contribution in [0, 0.1) is 11.3 Å². The number of furan rings is 1. The van der Waals surface area contributed by atoms with Crippen molar-refractivity contribution < 1.29 is 4.42 Å². The summed E-state index contributed by atoms with van der Waals surface area (Å²) in [5.41, 5.74) is 10.7. The minimum Gasteiger partial charge on any atom is -0.454 e. The van der Waals surface area contributed by atoms with E-state index in [1.807, 2.05) is 24.3 Å². The van der Waals surface area contributed by atoms with Gasteiger partial charge in [0.05, 0.1) is 39.4 Å². The lowest BCUT2D eigenvalue weighted by molar-refractivity contribution is 0.671. The second-order valence-corrected chi connectivity index (χ2v) is 12.1. The minimum absolute atomic E-state index is 0.607. The summed E-state index contributed by atoms with van der Waals surface area (Å²) in [6.45, 7) is 0. The molecule has 0 aliphatic heterocycles. The van der Waals surface area contributed by atoms with Crippen LogP contribution in [0.2, 0.25) is 0 Å². The molecule has 3 heterocycles. The smallest absolute Gasteiger partial charge is 0.160 e. The van der Waals surface area contributed by atoms with Crippen LogP contribution in [-0.2, 0) is 0 Å². The molecule has 4 heteroatoms. The van der Waals surface area contributed by atoms with E-state index in [1.165, 1.54) is 10.8 Å². The largest absolute Gasteiger partial charge is 0.454 e. The Labute approximate surface area is 269 Å². The van der Waals surface area contributed by atoms with Gasteiger partial charge in [0, 0.05) is 43.6 Å². The summed E-state index contributed by atoms with van der Waals surface area (Å²) in [5.74, 6) is 0. The summed E-state index contributed by atoms with van der Waals surface area (Å²) in [4.78, 5) is 0. The van der Waals surface area contributed by atoms with Crippen molar-refractivity contribution in [3.8, 4) is 28.6 Å². The van der Waals surface area contributed by atoms with Crippen molar-refractivity contribution in [2.45, 2.75) is 0 Å². The van der Waals surface area contributed by atoms with Crippen molar-refractivity contribution in [3.05, 3.63) is 157 Å². The summed E-state index contributed by atoms with van der Waals surface area (Å²) in [6, 6.07) is 55.2. The lowest BCUT2D eigenvalue weighted by Gasteiger charge is -2.16. The van der Waals surface area contributed by atoms with Crippen molar-refractivity contribution in [2.24, 2.45) is 0 Å². The summed E-state index contributed by atoms with van der Waals surface area (Å²) in [6.07, 6.45) is 0. The lowest BCUT2D eigenvalue weighted by atomic mass is 10.00. The molecule has 0 aliphatic rings. The Bertz CT molecular complexity index is 2880. The molecule has 0 saturated heterocycles. The number of benzene rings is 7. The molecule has 0 unspecified atom stereocenters. The molecule has 0 spiro atoms. The SMILES string of the molecule is N#Cc1cc(-c2ccccc2-n2c3ccccc3c3ccc4c5ccccc5oc4c32)cc(-n2c3ccccc3c3ccccc32)c1. The molecular formula is C43H25N3O. The number of rotatable bonds is 3. The first kappa shape index (κ1) is 25.7. The van der Waals surface area contributed by atoms with Gasteiger partial charge in [0.25, 0.3) is 0 Å². The molecule has 0 amide bonds. The van der Waals surface area contributed by atoms with Gasteiger partial charge in [-0.2, -0.15) is 5.26 Å². The quantitative estimate of drug-likeness (QED) is 0.203. The Morgan fingerprint density at radius 1 is 0.489 bits per heavy atom. The third-order valence-electron chi connectivity index (χ3n) is 9.52. The predicted molar refractivity (Wildman–Crippen MR) is 193 cm³/mol. The van der Waals surface area contributed by atoms with Crippen LogP contribution in [0.15, 0.2) is 156 Å². The summed E-state index contributed by atoms with van der Waals surface area (Å²) in [7, 11) is 0. The Balaban J connectivity index is 1.29. The average Bonchev–Trinajstić information content (AvgIpc) is 3.79. The van der Waals surface area contributed by atoms with E-state index in [0.717, 1.165) is 77.3 Å². The van der Waals surface area contributed by atoms with Crippen LogP contribution in [0.4, 0.5) is 0 Å². The van der Waals surface area contributed by atoms with Gasteiger partial charge < -0.3 is 13.6 Å². The van der Waals surface area contributed by atoms with E-state index in [4.69, 9.17) is 4.42 Å². The highest BCUT2D eigenvalue weighted by molar-refractivity contribution is 6.21. The fraction of sp³-hybridized carbons (Fsp3) is 0. The first-order chi connectivity index (χ1) is 23.3. The van der Waals surface area contributed by atoms with Crippen LogP contribution in [0.1, 0.15) is 5.56 Å². The van der Waals surface area contributed by atoms with Crippen LogP contribution in [-0.4, -0.2) is 9.13 Å². The van der Waals surface area contributed by atoms with Crippen LogP contribution >= 0.6 is 0 Å². The number of hydrogen-bond donors (Lipinski definition) is 0. The zero-order chi connectivity index (χ0) is 31.1. The molecule has 4 nitrogen and oxygen atoms in total. The molecular weight excluding hydrogens is 574 g/mol. The average molecular weight is 600 g/mol. The molecule has 0 bridgehead atoms. The van der Waals surface area contributed by atoms with Crippen molar-refractivity contribution in [1.82, 2.24) is 9.13 Å². The maximum atomic E-state index is 10.3. The highest BCUT2D eigenvalue weighted by Crippen LogP contribution is 2.42. The van der Waals surface area contributed by atoms with Crippen LogP contribution in [0.5, 0.6) is 0 Å². The third-order valence-corrected chi connectivity index (χ3v) is 9.52. The van der Waals surface area contributed by atoms with Crippen LogP contribution in [0.25, 0.3) is 88.1 Å². The molecule has 0 aliphatic carbocycles. The summed E-state index contributed by atoms with van der Waals surface area (Å²) in [5, 5.41) is 17.2. The minimum atomic E-state index is 0.607. The van der Waals surface area contributed by atoms with Gasteiger partial charge in [0.1, 0.15) is 5.58 Å². The Morgan fingerprint density at radius 3 is 1.79 bits per heavy atom. The van der Waals surface area contributed by atoms with Crippen LogP contribution in [0.3, 0.4) is 0 Å². The maximum absolute atomic E-state index is 10.3. The highest BCUT2D eigenvalue weighted by Gasteiger charge is 2.21.